The fourth-order valence-corrected chi connectivity index (χ4v) is 1.91. The number of para-hydroxylation sites is 1. The number of benzene rings is 1. The highest BCUT2D eigenvalue weighted by atomic mass is 32.1. The molecular weight excluding hydrogens is 268 g/mol. The van der Waals surface area contributed by atoms with Gasteiger partial charge in [-0.2, -0.15) is 0 Å². The maximum absolute atomic E-state index is 11.9. The molecule has 0 radical (unpaired) electrons. The quantitative estimate of drug-likeness (QED) is 0.825. The van der Waals surface area contributed by atoms with Crippen LogP contribution in [0.4, 0.5) is 5.69 Å². The lowest BCUT2D eigenvalue weighted by molar-refractivity contribution is -0.126. The normalized spacial score (nSPS) is 12.7. The van der Waals surface area contributed by atoms with Gasteiger partial charge in [-0.3, -0.25) is 4.79 Å². The van der Waals surface area contributed by atoms with E-state index in [-0.39, 0.29) is 5.91 Å². The van der Waals surface area contributed by atoms with E-state index >= 15 is 0 Å². The third-order valence-corrected chi connectivity index (χ3v) is 3.46. The van der Waals surface area contributed by atoms with Gasteiger partial charge in [0.15, 0.2) is 5.11 Å². The fourth-order valence-electron chi connectivity index (χ4n) is 1.70. The largest absolute Gasteiger partial charge is 0.332 e. The average molecular weight is 292 g/mol. The molecule has 0 bridgehead atoms. The summed E-state index contributed by atoms with van der Waals surface area (Å²) in [6.07, 6.45) is 1.06. The van der Waals surface area contributed by atoms with E-state index in [9.17, 15) is 4.79 Å². The monoisotopic (exact) mass is 292 g/mol. The summed E-state index contributed by atoms with van der Waals surface area (Å²) in [6, 6.07) is 8.05. The van der Waals surface area contributed by atoms with E-state index in [0.29, 0.717) is 11.0 Å². The van der Waals surface area contributed by atoms with Crippen molar-refractivity contribution in [3.8, 4) is 0 Å². The molecule has 0 saturated heterocycles. The molecule has 1 rings (SSSR count). The van der Waals surface area contributed by atoms with Crippen molar-refractivity contribution in [3.05, 3.63) is 29.8 Å². The molecule has 2 N–H and O–H groups in total. The lowest BCUT2D eigenvalue weighted by atomic mass is 9.96. The molecule has 0 aliphatic carbocycles. The van der Waals surface area contributed by atoms with Gasteiger partial charge in [-0.1, -0.05) is 52.8 Å². The Labute approximate surface area is 127 Å². The summed E-state index contributed by atoms with van der Waals surface area (Å²) in [5.74, 6) is 0.357. The number of carbonyl (C=O) groups excluding carboxylic acids is 1. The molecule has 4 heteroatoms. The SMILES string of the molecule is CCC(C)c1ccccc1NC(=S)NC(=O)C(C)(C)C. The maximum Gasteiger partial charge on any atom is 0.231 e. The van der Waals surface area contributed by atoms with Gasteiger partial charge in [0.25, 0.3) is 0 Å². The number of thiocarbonyl (C=S) groups is 1. The minimum Gasteiger partial charge on any atom is -0.332 e. The first kappa shape index (κ1) is 16.6. The molecule has 1 aromatic carbocycles. The smallest absolute Gasteiger partial charge is 0.231 e. The van der Waals surface area contributed by atoms with Gasteiger partial charge < -0.3 is 10.6 Å². The molecule has 110 valence electrons. The molecular formula is C16H24N2OS. The van der Waals surface area contributed by atoms with Gasteiger partial charge in [0.2, 0.25) is 5.91 Å². The highest BCUT2D eigenvalue weighted by molar-refractivity contribution is 7.80. The number of hydrogen-bond donors (Lipinski definition) is 2. The summed E-state index contributed by atoms with van der Waals surface area (Å²) in [5.41, 5.74) is 1.71. The predicted octanol–water partition coefficient (Wildman–Crippen LogP) is 4.06. The Hall–Kier alpha value is -1.42. The van der Waals surface area contributed by atoms with Crippen molar-refractivity contribution in [2.45, 2.75) is 47.0 Å². The molecule has 0 spiro atoms. The van der Waals surface area contributed by atoms with Crippen LogP contribution in [-0.2, 0) is 4.79 Å². The second-order valence-electron chi connectivity index (χ2n) is 6.05. The second kappa shape index (κ2) is 6.84. The van der Waals surface area contributed by atoms with Crippen LogP contribution in [0.15, 0.2) is 24.3 Å². The molecule has 3 nitrogen and oxygen atoms in total. The number of anilines is 1. The lowest BCUT2D eigenvalue weighted by Gasteiger charge is -2.20. The number of carbonyl (C=O) groups is 1. The fraction of sp³-hybridized carbons (Fsp3) is 0.500. The molecule has 0 heterocycles. The van der Waals surface area contributed by atoms with Crippen LogP contribution >= 0.6 is 12.2 Å². The zero-order chi connectivity index (χ0) is 15.3. The Bertz CT molecular complexity index is 491. The first-order chi connectivity index (χ1) is 9.25. The summed E-state index contributed by atoms with van der Waals surface area (Å²) < 4.78 is 0. The first-order valence-corrected chi connectivity index (χ1v) is 7.38. The third-order valence-electron chi connectivity index (χ3n) is 3.26. The van der Waals surface area contributed by atoms with Gasteiger partial charge in [-0.15, -0.1) is 0 Å². The number of rotatable bonds is 3. The van der Waals surface area contributed by atoms with E-state index in [4.69, 9.17) is 12.2 Å². The van der Waals surface area contributed by atoms with E-state index in [1.165, 1.54) is 5.56 Å². The Kier molecular flexibility index (Phi) is 5.69. The van der Waals surface area contributed by atoms with Crippen LogP contribution < -0.4 is 10.6 Å². The third kappa shape index (κ3) is 4.60. The number of hydrogen-bond acceptors (Lipinski definition) is 2. The van der Waals surface area contributed by atoms with Gasteiger partial charge in [-0.25, -0.2) is 0 Å². The Morgan fingerprint density at radius 2 is 1.90 bits per heavy atom. The van der Waals surface area contributed by atoms with Crippen LogP contribution in [-0.4, -0.2) is 11.0 Å². The van der Waals surface area contributed by atoms with Crippen molar-refractivity contribution in [1.82, 2.24) is 5.32 Å². The minimum absolute atomic E-state index is 0.0870. The van der Waals surface area contributed by atoms with Gasteiger partial charge in [-0.05, 0) is 36.2 Å². The zero-order valence-electron chi connectivity index (χ0n) is 12.9. The molecule has 0 aliphatic heterocycles. The van der Waals surface area contributed by atoms with Crippen LogP contribution in [0.5, 0.6) is 0 Å². The summed E-state index contributed by atoms with van der Waals surface area (Å²) in [6.45, 7) is 9.91. The second-order valence-corrected chi connectivity index (χ2v) is 6.46. The van der Waals surface area contributed by atoms with Crippen molar-refractivity contribution in [2.24, 2.45) is 5.41 Å². The number of amides is 1. The topological polar surface area (TPSA) is 41.1 Å². The summed E-state index contributed by atoms with van der Waals surface area (Å²) >= 11 is 5.22. The maximum atomic E-state index is 11.9. The molecule has 20 heavy (non-hydrogen) atoms. The van der Waals surface area contributed by atoms with Crippen LogP contribution in [0, 0.1) is 5.41 Å². The van der Waals surface area contributed by atoms with Crippen molar-refractivity contribution < 1.29 is 4.79 Å². The Morgan fingerprint density at radius 3 is 2.45 bits per heavy atom. The van der Waals surface area contributed by atoms with Gasteiger partial charge >= 0.3 is 0 Å². The summed E-state index contributed by atoms with van der Waals surface area (Å²) in [7, 11) is 0. The van der Waals surface area contributed by atoms with Crippen LogP contribution in [0.1, 0.15) is 52.5 Å². The average Bonchev–Trinajstić information content (AvgIpc) is 2.37. The molecule has 1 atom stereocenters. The standard InChI is InChI=1S/C16H24N2OS/c1-6-11(2)12-9-7-8-10-13(12)17-15(20)18-14(19)16(3,4)5/h7-11H,6H2,1-5H3,(H2,17,18,19,20). The van der Waals surface area contributed by atoms with Crippen LogP contribution in [0.3, 0.4) is 0 Å². The summed E-state index contributed by atoms with van der Waals surface area (Å²) in [4.78, 5) is 11.9. The lowest BCUT2D eigenvalue weighted by Crippen LogP contribution is -2.41. The molecule has 0 aromatic heterocycles. The van der Waals surface area contributed by atoms with E-state index in [1.54, 1.807) is 0 Å². The van der Waals surface area contributed by atoms with E-state index in [1.807, 2.05) is 39.0 Å². The highest BCUT2D eigenvalue weighted by Crippen LogP contribution is 2.26. The summed E-state index contributed by atoms with van der Waals surface area (Å²) in [5, 5.41) is 6.21. The van der Waals surface area contributed by atoms with Crippen molar-refractivity contribution in [2.75, 3.05) is 5.32 Å². The molecule has 1 amide bonds. The zero-order valence-corrected chi connectivity index (χ0v) is 13.7. The van der Waals surface area contributed by atoms with E-state index in [2.05, 4.69) is 30.5 Å². The van der Waals surface area contributed by atoms with Crippen molar-refractivity contribution in [1.29, 1.82) is 0 Å². The predicted molar refractivity (Wildman–Crippen MR) is 89.0 cm³/mol. The molecule has 1 aromatic rings. The van der Waals surface area contributed by atoms with E-state index in [0.717, 1.165) is 12.1 Å². The first-order valence-electron chi connectivity index (χ1n) is 6.97. The van der Waals surface area contributed by atoms with Crippen LogP contribution in [0.2, 0.25) is 0 Å². The Balaban J connectivity index is 2.79. The molecule has 1 unspecified atom stereocenters. The van der Waals surface area contributed by atoms with Gasteiger partial charge in [0.05, 0.1) is 0 Å². The number of nitrogens with one attached hydrogen (secondary N) is 2. The van der Waals surface area contributed by atoms with E-state index < -0.39 is 5.41 Å². The van der Waals surface area contributed by atoms with Crippen molar-refractivity contribution in [3.63, 3.8) is 0 Å². The van der Waals surface area contributed by atoms with Gasteiger partial charge in [0.1, 0.15) is 0 Å². The molecule has 0 aliphatic rings. The van der Waals surface area contributed by atoms with Crippen LogP contribution in [0.25, 0.3) is 0 Å². The molecule has 0 fully saturated rings. The van der Waals surface area contributed by atoms with Crippen molar-refractivity contribution >= 4 is 28.9 Å². The Morgan fingerprint density at radius 1 is 1.30 bits per heavy atom. The highest BCUT2D eigenvalue weighted by Gasteiger charge is 2.22. The van der Waals surface area contributed by atoms with Gasteiger partial charge in [0, 0.05) is 11.1 Å². The minimum atomic E-state index is -0.456. The molecule has 0 saturated carbocycles.